The molecule has 2 saturated heterocycles. The summed E-state index contributed by atoms with van der Waals surface area (Å²) < 4.78 is 4.66. The van der Waals surface area contributed by atoms with Gasteiger partial charge in [0.05, 0.1) is 28.6 Å². The summed E-state index contributed by atoms with van der Waals surface area (Å²) in [5.41, 5.74) is 9.05. The molecule has 3 aliphatic heterocycles. The number of fused-ring (bicyclic) bond motifs is 3. The Balaban J connectivity index is 0.000000213. The highest BCUT2D eigenvalue weighted by atomic mass is 16.2. The molecule has 16 nitrogen and oxygen atoms in total. The van der Waals surface area contributed by atoms with E-state index < -0.39 is 11.9 Å². The molecule has 11 rings (SSSR count). The first-order chi connectivity index (χ1) is 31.2. The van der Waals surface area contributed by atoms with Crippen LogP contribution in [0.2, 0.25) is 0 Å². The summed E-state index contributed by atoms with van der Waals surface area (Å²) in [5.74, 6) is -0.0330. The van der Waals surface area contributed by atoms with Gasteiger partial charge in [-0.05, 0) is 73.9 Å². The molecule has 0 bridgehead atoms. The lowest BCUT2D eigenvalue weighted by Gasteiger charge is -2.40. The minimum absolute atomic E-state index is 0.128. The van der Waals surface area contributed by atoms with Gasteiger partial charge in [0.25, 0.3) is 5.91 Å². The van der Waals surface area contributed by atoms with Gasteiger partial charge in [-0.3, -0.25) is 43.6 Å². The third kappa shape index (κ3) is 8.15. The lowest BCUT2D eigenvalue weighted by atomic mass is 9.94. The Morgan fingerprint density at radius 3 is 2.36 bits per heavy atom. The van der Waals surface area contributed by atoms with E-state index in [9.17, 15) is 19.2 Å². The van der Waals surface area contributed by atoms with Crippen LogP contribution in [0.3, 0.4) is 0 Å². The van der Waals surface area contributed by atoms with Crippen molar-refractivity contribution in [2.75, 3.05) is 50.0 Å². The largest absolute Gasteiger partial charge is 0.385 e. The van der Waals surface area contributed by atoms with Crippen molar-refractivity contribution in [3.05, 3.63) is 100 Å². The van der Waals surface area contributed by atoms with Crippen molar-refractivity contribution in [2.24, 2.45) is 7.05 Å². The SMILES string of the molecule is CNc1cc(N2CCc3c(-c4ccc(CN5CCN(C6CCCCC6)CC5)cn4)cccc32)nn2c(C(=O)NC3CC3)cnc12.Cn1c(=O)n(C2CCC(=O)NC2=O)c2ccccc21. The number of aryl methyl sites for hydroxylation is 1. The van der Waals surface area contributed by atoms with Crippen molar-refractivity contribution in [3.63, 3.8) is 0 Å². The summed E-state index contributed by atoms with van der Waals surface area (Å²) in [5, 5.41) is 13.5. The Hall–Kier alpha value is -6.39. The molecule has 7 heterocycles. The van der Waals surface area contributed by atoms with Crippen molar-refractivity contribution in [1.29, 1.82) is 0 Å². The van der Waals surface area contributed by atoms with E-state index in [1.54, 1.807) is 23.8 Å². The van der Waals surface area contributed by atoms with Crippen molar-refractivity contribution in [2.45, 2.75) is 88.9 Å². The lowest BCUT2D eigenvalue weighted by molar-refractivity contribution is -0.135. The van der Waals surface area contributed by atoms with Crippen LogP contribution in [0.15, 0.2) is 77.9 Å². The van der Waals surface area contributed by atoms with Gasteiger partial charge < -0.3 is 15.5 Å². The van der Waals surface area contributed by atoms with E-state index in [4.69, 9.17) is 10.1 Å². The maximum Gasteiger partial charge on any atom is 0.329 e. The molecule has 4 fully saturated rings. The van der Waals surface area contributed by atoms with Crippen LogP contribution in [0.1, 0.15) is 85.4 Å². The zero-order valence-corrected chi connectivity index (χ0v) is 36.6. The number of hydrogen-bond donors (Lipinski definition) is 3. The van der Waals surface area contributed by atoms with Gasteiger partial charge in [0.1, 0.15) is 6.04 Å². The Kier molecular flexibility index (Phi) is 11.5. The molecule has 3 N–H and O–H groups in total. The number of carbonyl (C=O) groups excluding carboxylic acids is 3. The highest BCUT2D eigenvalue weighted by molar-refractivity contribution is 6.00. The predicted octanol–water partition coefficient (Wildman–Crippen LogP) is 5.19. The Morgan fingerprint density at radius 1 is 0.828 bits per heavy atom. The molecule has 3 amide bonds. The number of amides is 3. The maximum absolute atomic E-state index is 13.0. The highest BCUT2D eigenvalue weighted by Crippen LogP contribution is 2.40. The second kappa shape index (κ2) is 17.6. The van der Waals surface area contributed by atoms with Gasteiger partial charge in [0.15, 0.2) is 17.2 Å². The van der Waals surface area contributed by atoms with Gasteiger partial charge in [0.2, 0.25) is 11.8 Å². The van der Waals surface area contributed by atoms with Gasteiger partial charge in [-0.2, -0.15) is 0 Å². The standard InChI is InChI=1S/C35H43N9O.C13H13N3O3/c1-36-30-20-33(40-44-32(22-38-34(30)44)35(45)39-25-11-12-25)43-15-14-28-27(8-5-9-31(28)43)29-13-10-24(21-37-29)23-41-16-18-42(19-17-41)26-6-3-2-4-7-26;1-15-8-4-2-3-5-9(8)16(13(15)19)10-6-7-11(17)14-12(10)18/h5,8-10,13,20-22,25-26,36H,2-4,6-7,11-12,14-19,23H2,1H3,(H,39,45);2-5,10H,6-7H2,1H3,(H,14,17,18). The molecule has 16 heteroatoms. The Labute approximate surface area is 371 Å². The smallest absolute Gasteiger partial charge is 0.329 e. The van der Waals surface area contributed by atoms with E-state index in [2.05, 4.69) is 72.2 Å². The number of nitrogens with zero attached hydrogens (tertiary/aromatic N) is 9. The Morgan fingerprint density at radius 2 is 1.62 bits per heavy atom. The number of pyridine rings is 1. The number of piperidine rings is 1. The normalized spacial score (nSPS) is 19.7. The van der Waals surface area contributed by atoms with Gasteiger partial charge in [-0.15, -0.1) is 5.10 Å². The van der Waals surface area contributed by atoms with Crippen LogP contribution in [-0.4, -0.2) is 108 Å². The Bertz CT molecular complexity index is 2780. The minimum Gasteiger partial charge on any atom is -0.385 e. The van der Waals surface area contributed by atoms with E-state index in [0.717, 1.165) is 79.9 Å². The van der Waals surface area contributed by atoms with Crippen LogP contribution >= 0.6 is 0 Å². The molecule has 2 aliphatic carbocycles. The summed E-state index contributed by atoms with van der Waals surface area (Å²) in [4.78, 5) is 65.4. The van der Waals surface area contributed by atoms with Gasteiger partial charge >= 0.3 is 5.69 Å². The first kappa shape index (κ1) is 41.6. The number of rotatable bonds is 9. The number of para-hydroxylation sites is 2. The van der Waals surface area contributed by atoms with E-state index in [-0.39, 0.29) is 30.0 Å². The molecule has 4 aromatic heterocycles. The molecular formula is C48H56N12O4. The van der Waals surface area contributed by atoms with Crippen LogP contribution < -0.4 is 26.5 Å². The second-order valence-electron chi connectivity index (χ2n) is 17.8. The number of piperazine rings is 1. The first-order valence-corrected chi connectivity index (χ1v) is 22.9. The molecule has 2 saturated carbocycles. The van der Waals surface area contributed by atoms with E-state index in [1.165, 1.54) is 71.0 Å². The number of anilines is 3. The molecule has 5 aliphatic rings. The monoisotopic (exact) mass is 864 g/mol. The third-order valence-corrected chi connectivity index (χ3v) is 13.7. The third-order valence-electron chi connectivity index (χ3n) is 13.7. The summed E-state index contributed by atoms with van der Waals surface area (Å²) in [7, 11) is 3.55. The molecule has 64 heavy (non-hydrogen) atoms. The fourth-order valence-electron chi connectivity index (χ4n) is 10.0. The van der Waals surface area contributed by atoms with E-state index in [0.29, 0.717) is 23.3 Å². The molecular weight excluding hydrogens is 809 g/mol. The highest BCUT2D eigenvalue weighted by Gasteiger charge is 2.32. The maximum atomic E-state index is 13.0. The van der Waals surface area contributed by atoms with Crippen LogP contribution in [0.4, 0.5) is 17.2 Å². The summed E-state index contributed by atoms with van der Waals surface area (Å²) in [6.07, 6.45) is 14.3. The van der Waals surface area contributed by atoms with E-state index in [1.807, 2.05) is 31.3 Å². The number of aromatic nitrogens is 6. The number of carbonyl (C=O) groups is 3. The van der Waals surface area contributed by atoms with Gasteiger partial charge in [0, 0.05) is 95.4 Å². The average Bonchev–Trinajstić information content (AvgIpc) is 3.75. The van der Waals surface area contributed by atoms with Crippen molar-refractivity contribution in [1.82, 2.24) is 49.1 Å². The fraction of sp³-hybridized carbons (Fsp3) is 0.438. The second-order valence-corrected chi connectivity index (χ2v) is 17.8. The van der Waals surface area contributed by atoms with Crippen LogP contribution in [0, 0.1) is 0 Å². The predicted molar refractivity (Wildman–Crippen MR) is 246 cm³/mol. The van der Waals surface area contributed by atoms with Crippen molar-refractivity contribution < 1.29 is 14.4 Å². The zero-order chi connectivity index (χ0) is 43.9. The fourth-order valence-corrected chi connectivity index (χ4v) is 10.0. The van der Waals surface area contributed by atoms with Crippen molar-refractivity contribution >= 4 is 51.6 Å². The quantitative estimate of drug-likeness (QED) is 0.164. The topological polar surface area (TPSA) is 167 Å². The molecule has 0 spiro atoms. The average molecular weight is 865 g/mol. The van der Waals surface area contributed by atoms with Crippen LogP contribution in [-0.2, 0) is 29.6 Å². The van der Waals surface area contributed by atoms with Crippen LogP contribution in [0.25, 0.3) is 27.9 Å². The minimum atomic E-state index is -0.615. The summed E-state index contributed by atoms with van der Waals surface area (Å²) in [6, 6.07) is 20.7. The summed E-state index contributed by atoms with van der Waals surface area (Å²) >= 11 is 0. The van der Waals surface area contributed by atoms with Crippen molar-refractivity contribution in [3.8, 4) is 11.3 Å². The number of imide groups is 1. The van der Waals surface area contributed by atoms with Gasteiger partial charge in [-0.25, -0.2) is 14.3 Å². The molecule has 6 aromatic rings. The molecule has 1 atom stereocenters. The molecule has 332 valence electrons. The zero-order valence-electron chi connectivity index (χ0n) is 36.6. The number of nitrogens with one attached hydrogen (secondary N) is 3. The summed E-state index contributed by atoms with van der Waals surface area (Å²) in [6.45, 7) is 6.43. The van der Waals surface area contributed by atoms with Gasteiger partial charge in [-0.1, -0.05) is 49.6 Å². The molecule has 2 aromatic carbocycles. The number of benzene rings is 2. The number of imidazole rings is 2. The van der Waals surface area contributed by atoms with E-state index >= 15 is 0 Å². The first-order valence-electron chi connectivity index (χ1n) is 22.9. The molecule has 1 unspecified atom stereocenters. The van der Waals surface area contributed by atoms with Crippen LogP contribution in [0.5, 0.6) is 0 Å². The number of hydrogen-bond acceptors (Lipinski definition) is 11. The molecule has 0 radical (unpaired) electrons. The lowest BCUT2D eigenvalue weighted by Crippen LogP contribution is -2.50.